The van der Waals surface area contributed by atoms with Crippen molar-refractivity contribution in [3.8, 4) is 0 Å². The van der Waals surface area contributed by atoms with Crippen LogP contribution < -0.4 is 5.32 Å². The van der Waals surface area contributed by atoms with Gasteiger partial charge in [-0.3, -0.25) is 9.89 Å². The first-order valence-electron chi connectivity index (χ1n) is 7.91. The van der Waals surface area contributed by atoms with Gasteiger partial charge in [-0.25, -0.2) is 4.98 Å². The molecule has 0 saturated heterocycles. The number of amides is 1. The fraction of sp³-hybridized carbons (Fsp3) is 0.353. The third-order valence-electron chi connectivity index (χ3n) is 4.34. The molecule has 1 amide bonds. The maximum absolute atomic E-state index is 12.4. The van der Waals surface area contributed by atoms with E-state index in [1.165, 1.54) is 12.8 Å². The van der Waals surface area contributed by atoms with E-state index in [4.69, 9.17) is 0 Å². The molecule has 1 aliphatic carbocycles. The first kappa shape index (κ1) is 14.0. The highest BCUT2D eigenvalue weighted by atomic mass is 16.2. The Labute approximate surface area is 133 Å². The first-order chi connectivity index (χ1) is 11.1. The third kappa shape index (κ3) is 2.72. The Morgan fingerprint density at radius 1 is 1.43 bits per heavy atom. The smallest absolute Gasteiger partial charge is 0.234 e. The number of aromatic amines is 1. The lowest BCUT2D eigenvalue weighted by molar-refractivity contribution is -0.117. The lowest BCUT2D eigenvalue weighted by atomic mass is 10.1. The number of pyridine rings is 1. The fourth-order valence-electron chi connectivity index (χ4n) is 2.68. The number of nitrogens with zero attached hydrogens (tertiary/aromatic N) is 3. The molecule has 3 aromatic heterocycles. The third-order valence-corrected chi connectivity index (χ3v) is 4.34. The number of nitrogens with one attached hydrogen (secondary N) is 2. The normalized spacial score (nSPS) is 15.7. The molecule has 4 rings (SSSR count). The van der Waals surface area contributed by atoms with Crippen molar-refractivity contribution in [3.05, 3.63) is 47.5 Å². The van der Waals surface area contributed by atoms with Gasteiger partial charge in [0.1, 0.15) is 5.65 Å². The van der Waals surface area contributed by atoms with Crippen LogP contribution in [0.4, 0.5) is 5.82 Å². The van der Waals surface area contributed by atoms with Gasteiger partial charge in [0.2, 0.25) is 5.91 Å². The molecule has 6 heteroatoms. The number of rotatable bonds is 4. The van der Waals surface area contributed by atoms with Gasteiger partial charge >= 0.3 is 0 Å². The summed E-state index contributed by atoms with van der Waals surface area (Å²) in [5, 5.41) is 10.0. The maximum Gasteiger partial charge on any atom is 0.234 e. The topological polar surface area (TPSA) is 75.1 Å². The molecule has 1 fully saturated rings. The average molecular weight is 309 g/mol. The Morgan fingerprint density at radius 2 is 2.26 bits per heavy atom. The van der Waals surface area contributed by atoms with E-state index in [0.717, 1.165) is 22.6 Å². The van der Waals surface area contributed by atoms with Crippen LogP contribution in [0.15, 0.2) is 30.6 Å². The van der Waals surface area contributed by atoms with Crippen molar-refractivity contribution in [2.75, 3.05) is 5.32 Å². The summed E-state index contributed by atoms with van der Waals surface area (Å²) in [6, 6.07) is 5.95. The van der Waals surface area contributed by atoms with Crippen LogP contribution in [0.3, 0.4) is 0 Å². The zero-order chi connectivity index (χ0) is 16.0. The van der Waals surface area contributed by atoms with Gasteiger partial charge in [0.25, 0.3) is 0 Å². The van der Waals surface area contributed by atoms with Gasteiger partial charge in [0, 0.05) is 30.1 Å². The molecule has 0 aromatic carbocycles. The molecule has 2 N–H and O–H groups in total. The summed E-state index contributed by atoms with van der Waals surface area (Å²) in [7, 11) is 0. The molecule has 0 bridgehead atoms. The van der Waals surface area contributed by atoms with Gasteiger partial charge in [0.05, 0.1) is 11.6 Å². The number of aromatic nitrogens is 4. The summed E-state index contributed by atoms with van der Waals surface area (Å²) in [4.78, 5) is 17.0. The fourth-order valence-corrected chi connectivity index (χ4v) is 2.68. The number of anilines is 1. The minimum atomic E-state index is -0.337. The minimum Gasteiger partial charge on any atom is -0.309 e. The number of H-pyrrole nitrogens is 1. The summed E-state index contributed by atoms with van der Waals surface area (Å²) in [5.74, 6) is 0.742. The van der Waals surface area contributed by atoms with Crippen LogP contribution in [-0.2, 0) is 4.79 Å². The van der Waals surface area contributed by atoms with Crippen LogP contribution in [0.5, 0.6) is 0 Å². The molecular weight excluding hydrogens is 290 g/mol. The maximum atomic E-state index is 12.4. The van der Waals surface area contributed by atoms with Crippen LogP contribution in [0, 0.1) is 6.92 Å². The van der Waals surface area contributed by atoms with Crippen LogP contribution >= 0.6 is 0 Å². The summed E-state index contributed by atoms with van der Waals surface area (Å²) in [6.07, 6.45) is 6.26. The van der Waals surface area contributed by atoms with Crippen molar-refractivity contribution >= 4 is 17.4 Å². The number of hydrogen-bond acceptors (Lipinski definition) is 3. The molecule has 3 aromatic rings. The van der Waals surface area contributed by atoms with E-state index in [9.17, 15) is 4.79 Å². The Balaban J connectivity index is 1.51. The van der Waals surface area contributed by atoms with E-state index in [0.29, 0.717) is 11.7 Å². The van der Waals surface area contributed by atoms with Crippen LogP contribution in [0.2, 0.25) is 0 Å². The number of carbonyl (C=O) groups excluding carboxylic acids is 1. The number of aryl methyl sites for hydroxylation is 1. The Hall–Kier alpha value is -2.63. The van der Waals surface area contributed by atoms with Crippen LogP contribution in [0.25, 0.3) is 5.65 Å². The second kappa shape index (κ2) is 5.22. The lowest BCUT2D eigenvalue weighted by Gasteiger charge is -2.07. The molecule has 23 heavy (non-hydrogen) atoms. The minimum absolute atomic E-state index is 0.0982. The van der Waals surface area contributed by atoms with E-state index < -0.39 is 0 Å². The average Bonchev–Trinajstić information content (AvgIpc) is 3.13. The number of imidazole rings is 1. The second-order valence-electron chi connectivity index (χ2n) is 6.33. The Kier molecular flexibility index (Phi) is 3.18. The van der Waals surface area contributed by atoms with Crippen molar-refractivity contribution < 1.29 is 4.79 Å². The molecule has 1 saturated carbocycles. The molecule has 1 atom stereocenters. The second-order valence-corrected chi connectivity index (χ2v) is 6.33. The van der Waals surface area contributed by atoms with Crippen molar-refractivity contribution in [3.63, 3.8) is 0 Å². The summed E-state index contributed by atoms with van der Waals surface area (Å²) < 4.78 is 1.94. The zero-order valence-corrected chi connectivity index (χ0v) is 13.2. The SMILES string of the molecule is Cc1ccn2cc([C@@H](C)C(=O)Nc3cc(C4CC4)[nH]n3)nc2c1. The van der Waals surface area contributed by atoms with E-state index in [1.54, 1.807) is 0 Å². The quantitative estimate of drug-likeness (QED) is 0.778. The molecule has 1 aliphatic rings. The van der Waals surface area contributed by atoms with Gasteiger partial charge in [-0.2, -0.15) is 5.10 Å². The number of hydrogen-bond donors (Lipinski definition) is 2. The van der Waals surface area contributed by atoms with Crippen molar-refractivity contribution in [1.29, 1.82) is 0 Å². The van der Waals surface area contributed by atoms with Crippen LogP contribution in [-0.4, -0.2) is 25.5 Å². The highest BCUT2D eigenvalue weighted by Gasteiger charge is 2.26. The highest BCUT2D eigenvalue weighted by molar-refractivity contribution is 5.94. The van der Waals surface area contributed by atoms with E-state index >= 15 is 0 Å². The molecule has 0 radical (unpaired) electrons. The lowest BCUT2D eigenvalue weighted by Crippen LogP contribution is -2.19. The largest absolute Gasteiger partial charge is 0.309 e. The summed E-state index contributed by atoms with van der Waals surface area (Å²) >= 11 is 0. The molecular formula is C17H19N5O. The van der Waals surface area contributed by atoms with Crippen LogP contribution in [0.1, 0.15) is 48.6 Å². The Morgan fingerprint density at radius 3 is 3.04 bits per heavy atom. The standard InChI is InChI=1S/C17H19N5O/c1-10-5-6-22-9-14(18-16(22)7-10)11(2)17(23)19-15-8-13(20-21-15)12-3-4-12/h5-9,11-12H,3-4H2,1-2H3,(H2,19,20,21,23)/t11-/m1/s1. The van der Waals surface area contributed by atoms with Gasteiger partial charge in [0.15, 0.2) is 5.82 Å². The molecule has 3 heterocycles. The van der Waals surface area contributed by atoms with Gasteiger partial charge in [-0.05, 0) is 44.4 Å². The van der Waals surface area contributed by atoms with E-state index in [2.05, 4.69) is 20.5 Å². The monoisotopic (exact) mass is 309 g/mol. The van der Waals surface area contributed by atoms with Crippen molar-refractivity contribution in [2.45, 2.75) is 38.5 Å². The molecule has 0 aliphatic heterocycles. The Bertz CT molecular complexity index is 874. The zero-order valence-electron chi connectivity index (χ0n) is 13.2. The predicted molar refractivity (Wildman–Crippen MR) is 87.5 cm³/mol. The van der Waals surface area contributed by atoms with Crippen molar-refractivity contribution in [2.24, 2.45) is 0 Å². The van der Waals surface area contributed by atoms with Crippen molar-refractivity contribution in [1.82, 2.24) is 19.6 Å². The molecule has 0 unspecified atom stereocenters. The van der Waals surface area contributed by atoms with E-state index in [-0.39, 0.29) is 11.8 Å². The van der Waals surface area contributed by atoms with Gasteiger partial charge in [-0.1, -0.05) is 0 Å². The molecule has 6 nitrogen and oxygen atoms in total. The number of fused-ring (bicyclic) bond motifs is 1. The van der Waals surface area contributed by atoms with Gasteiger partial charge in [-0.15, -0.1) is 0 Å². The summed E-state index contributed by atoms with van der Waals surface area (Å²) in [6.45, 7) is 3.89. The summed E-state index contributed by atoms with van der Waals surface area (Å²) in [5.41, 5.74) is 3.87. The molecule has 0 spiro atoms. The highest BCUT2D eigenvalue weighted by Crippen LogP contribution is 2.39. The first-order valence-corrected chi connectivity index (χ1v) is 7.91. The number of carbonyl (C=O) groups is 1. The van der Waals surface area contributed by atoms with E-state index in [1.807, 2.05) is 48.8 Å². The molecule has 118 valence electrons. The van der Waals surface area contributed by atoms with Gasteiger partial charge < -0.3 is 9.72 Å². The predicted octanol–water partition coefficient (Wildman–Crippen LogP) is 2.99.